The van der Waals surface area contributed by atoms with Gasteiger partial charge in [0.15, 0.2) is 0 Å². The van der Waals surface area contributed by atoms with E-state index in [0.717, 1.165) is 6.42 Å². The van der Waals surface area contributed by atoms with E-state index >= 15 is 0 Å². The molecule has 4 N–H and O–H groups in total. The molecule has 0 heterocycles. The molecule has 0 bridgehead atoms. The van der Waals surface area contributed by atoms with Gasteiger partial charge in [-0.05, 0) is 19.4 Å². The summed E-state index contributed by atoms with van der Waals surface area (Å²) in [6.07, 6.45) is 1.69. The molecule has 0 aromatic heterocycles. The standard InChI is InChI=1S/C8H14N2O5/c9-4-2-1-3-6(10)8(13)15-14-7(12)5-11/h5-6H,1-4,9-10H2. The van der Waals surface area contributed by atoms with Gasteiger partial charge in [0.1, 0.15) is 6.04 Å². The van der Waals surface area contributed by atoms with E-state index in [1.807, 2.05) is 0 Å². The normalized spacial score (nSPS) is 11.6. The summed E-state index contributed by atoms with van der Waals surface area (Å²) in [5.41, 5.74) is 10.6. The molecule has 0 saturated heterocycles. The van der Waals surface area contributed by atoms with E-state index in [2.05, 4.69) is 9.78 Å². The van der Waals surface area contributed by atoms with Crippen LogP contribution in [-0.4, -0.2) is 30.8 Å². The predicted octanol–water partition coefficient (Wildman–Crippen LogP) is -1.36. The summed E-state index contributed by atoms with van der Waals surface area (Å²) in [4.78, 5) is 38.9. The van der Waals surface area contributed by atoms with Gasteiger partial charge >= 0.3 is 11.9 Å². The number of nitrogens with two attached hydrogens (primary N) is 2. The molecule has 7 nitrogen and oxygen atoms in total. The van der Waals surface area contributed by atoms with E-state index in [9.17, 15) is 14.4 Å². The van der Waals surface area contributed by atoms with Crippen LogP contribution in [0.25, 0.3) is 0 Å². The Balaban J connectivity index is 3.69. The zero-order chi connectivity index (χ0) is 11.7. The summed E-state index contributed by atoms with van der Waals surface area (Å²) in [6.45, 7) is 0.516. The first-order valence-electron chi connectivity index (χ1n) is 4.45. The van der Waals surface area contributed by atoms with Crippen LogP contribution in [0.5, 0.6) is 0 Å². The molecule has 0 aliphatic rings. The molecule has 0 aromatic rings. The highest BCUT2D eigenvalue weighted by Gasteiger charge is 2.17. The Morgan fingerprint density at radius 2 is 1.93 bits per heavy atom. The lowest BCUT2D eigenvalue weighted by Crippen LogP contribution is -2.33. The molecule has 0 amide bonds. The lowest BCUT2D eigenvalue weighted by Gasteiger charge is -2.07. The highest BCUT2D eigenvalue weighted by atomic mass is 17.2. The molecule has 86 valence electrons. The maximum absolute atomic E-state index is 11.0. The Kier molecular flexibility index (Phi) is 7.12. The van der Waals surface area contributed by atoms with Crippen molar-refractivity contribution in [3.63, 3.8) is 0 Å². The van der Waals surface area contributed by atoms with Gasteiger partial charge in [0.25, 0.3) is 0 Å². The number of unbranched alkanes of at least 4 members (excludes halogenated alkanes) is 1. The van der Waals surface area contributed by atoms with Crippen molar-refractivity contribution in [2.45, 2.75) is 25.3 Å². The molecular formula is C8H14N2O5. The quantitative estimate of drug-likeness (QED) is 0.186. The largest absolute Gasteiger partial charge is 0.418 e. The Bertz CT molecular complexity index is 231. The van der Waals surface area contributed by atoms with E-state index in [-0.39, 0.29) is 6.29 Å². The van der Waals surface area contributed by atoms with Crippen molar-refractivity contribution in [3.8, 4) is 0 Å². The molecule has 0 radical (unpaired) electrons. The highest BCUT2D eigenvalue weighted by molar-refractivity contribution is 6.20. The van der Waals surface area contributed by atoms with Crippen molar-refractivity contribution in [2.75, 3.05) is 6.54 Å². The molecule has 0 rings (SSSR count). The maximum Gasteiger partial charge on any atom is 0.418 e. The third-order valence-electron chi connectivity index (χ3n) is 1.57. The molecule has 0 aromatic carbocycles. The lowest BCUT2D eigenvalue weighted by molar-refractivity contribution is -0.256. The van der Waals surface area contributed by atoms with Crippen molar-refractivity contribution in [1.82, 2.24) is 0 Å². The van der Waals surface area contributed by atoms with E-state index in [0.29, 0.717) is 19.4 Å². The van der Waals surface area contributed by atoms with Gasteiger partial charge in [0.2, 0.25) is 6.29 Å². The fraction of sp³-hybridized carbons (Fsp3) is 0.625. The monoisotopic (exact) mass is 218 g/mol. The molecule has 0 fully saturated rings. The first-order valence-corrected chi connectivity index (χ1v) is 4.45. The van der Waals surface area contributed by atoms with Gasteiger partial charge in [-0.3, -0.25) is 4.79 Å². The van der Waals surface area contributed by atoms with Crippen molar-refractivity contribution in [1.29, 1.82) is 0 Å². The smallest absolute Gasteiger partial charge is 0.330 e. The number of carbonyl (C=O) groups is 3. The van der Waals surface area contributed by atoms with Crippen molar-refractivity contribution < 1.29 is 24.2 Å². The fourth-order valence-corrected chi connectivity index (χ4v) is 0.790. The second-order valence-electron chi connectivity index (χ2n) is 2.81. The Hall–Kier alpha value is -1.47. The number of hydrogen-bond acceptors (Lipinski definition) is 7. The second-order valence-corrected chi connectivity index (χ2v) is 2.81. The first-order chi connectivity index (χ1) is 7.11. The minimum atomic E-state index is -1.28. The van der Waals surface area contributed by atoms with Gasteiger partial charge in [-0.1, -0.05) is 6.42 Å². The second kappa shape index (κ2) is 7.89. The van der Waals surface area contributed by atoms with Crippen LogP contribution in [-0.2, 0) is 24.2 Å². The van der Waals surface area contributed by atoms with Crippen LogP contribution in [0.1, 0.15) is 19.3 Å². The summed E-state index contributed by atoms with van der Waals surface area (Å²) in [6, 6.07) is -0.879. The Labute approximate surface area is 86.6 Å². The van der Waals surface area contributed by atoms with E-state index in [1.54, 1.807) is 0 Å². The highest BCUT2D eigenvalue weighted by Crippen LogP contribution is 2.00. The number of rotatable bonds is 6. The molecule has 1 unspecified atom stereocenters. The van der Waals surface area contributed by atoms with Crippen LogP contribution in [0.2, 0.25) is 0 Å². The average molecular weight is 218 g/mol. The molecule has 15 heavy (non-hydrogen) atoms. The number of hydrogen-bond donors (Lipinski definition) is 2. The molecular weight excluding hydrogens is 204 g/mol. The fourth-order valence-electron chi connectivity index (χ4n) is 0.790. The minimum absolute atomic E-state index is 0.118. The summed E-state index contributed by atoms with van der Waals surface area (Å²) in [7, 11) is 0. The maximum atomic E-state index is 11.0. The van der Waals surface area contributed by atoms with Crippen molar-refractivity contribution in [3.05, 3.63) is 0 Å². The molecule has 0 aliphatic carbocycles. The van der Waals surface area contributed by atoms with Crippen LogP contribution < -0.4 is 11.5 Å². The lowest BCUT2D eigenvalue weighted by atomic mass is 10.1. The predicted molar refractivity (Wildman–Crippen MR) is 49.1 cm³/mol. The van der Waals surface area contributed by atoms with Crippen LogP contribution >= 0.6 is 0 Å². The Morgan fingerprint density at radius 3 is 2.47 bits per heavy atom. The van der Waals surface area contributed by atoms with Gasteiger partial charge in [0, 0.05) is 0 Å². The third kappa shape index (κ3) is 6.58. The van der Waals surface area contributed by atoms with Crippen LogP contribution in [0.15, 0.2) is 0 Å². The van der Waals surface area contributed by atoms with Crippen LogP contribution in [0.3, 0.4) is 0 Å². The molecule has 0 spiro atoms. The van der Waals surface area contributed by atoms with Crippen LogP contribution in [0, 0.1) is 0 Å². The summed E-state index contributed by atoms with van der Waals surface area (Å²) >= 11 is 0. The van der Waals surface area contributed by atoms with Gasteiger partial charge < -0.3 is 11.5 Å². The Morgan fingerprint density at radius 1 is 1.27 bits per heavy atom. The number of aldehydes is 1. The van der Waals surface area contributed by atoms with E-state index in [4.69, 9.17) is 11.5 Å². The van der Waals surface area contributed by atoms with Gasteiger partial charge in [0.05, 0.1) is 0 Å². The molecule has 0 saturated carbocycles. The molecule has 7 heteroatoms. The summed E-state index contributed by atoms with van der Waals surface area (Å²) in [5, 5.41) is 0. The average Bonchev–Trinajstić information content (AvgIpc) is 2.25. The van der Waals surface area contributed by atoms with Gasteiger partial charge in [-0.25, -0.2) is 19.4 Å². The zero-order valence-corrected chi connectivity index (χ0v) is 8.18. The summed E-state index contributed by atoms with van der Waals surface area (Å²) < 4.78 is 0. The summed E-state index contributed by atoms with van der Waals surface area (Å²) in [5.74, 6) is -2.17. The molecule has 0 aliphatic heterocycles. The van der Waals surface area contributed by atoms with Crippen molar-refractivity contribution in [2.24, 2.45) is 11.5 Å². The first kappa shape index (κ1) is 13.5. The SMILES string of the molecule is NCCCCC(N)C(=O)OOC(=O)C=O. The van der Waals surface area contributed by atoms with E-state index in [1.165, 1.54) is 0 Å². The molecule has 1 atom stereocenters. The van der Waals surface area contributed by atoms with Crippen molar-refractivity contribution >= 4 is 18.2 Å². The topological polar surface area (TPSA) is 122 Å². The van der Waals surface area contributed by atoms with Crippen LogP contribution in [0.4, 0.5) is 0 Å². The minimum Gasteiger partial charge on any atom is -0.330 e. The zero-order valence-electron chi connectivity index (χ0n) is 8.18. The van der Waals surface area contributed by atoms with Gasteiger partial charge in [-0.2, -0.15) is 0 Å². The third-order valence-corrected chi connectivity index (χ3v) is 1.57. The van der Waals surface area contributed by atoms with E-state index < -0.39 is 18.0 Å². The number of carbonyl (C=O) groups excluding carboxylic acids is 3. The van der Waals surface area contributed by atoms with Gasteiger partial charge in [-0.15, -0.1) is 0 Å².